The van der Waals surface area contributed by atoms with Gasteiger partial charge in [-0.25, -0.2) is 5.11 Å². The molecule has 2 N–H and O–H groups in total. The van der Waals surface area contributed by atoms with Crippen molar-refractivity contribution in [3.63, 3.8) is 0 Å². The van der Waals surface area contributed by atoms with Gasteiger partial charge in [0.2, 0.25) is 0 Å². The first-order chi connectivity index (χ1) is 3.31. The molecule has 0 rings (SSSR count). The molecule has 43 valence electrons. The van der Waals surface area contributed by atoms with E-state index in [0.717, 1.165) is 0 Å². The van der Waals surface area contributed by atoms with Crippen LogP contribution >= 0.6 is 0 Å². The molecule has 0 aromatic heterocycles. The van der Waals surface area contributed by atoms with Crippen LogP contribution < -0.4 is 5.73 Å². The van der Waals surface area contributed by atoms with E-state index in [1.807, 2.05) is 0 Å². The van der Waals surface area contributed by atoms with Gasteiger partial charge in [0.25, 0.3) is 0 Å². The molecule has 0 aliphatic carbocycles. The predicted octanol–water partition coefficient (Wildman–Crippen LogP) is -0.262. The van der Waals surface area contributed by atoms with E-state index in [4.69, 9.17) is 5.73 Å². The predicted molar refractivity (Wildman–Crippen MR) is 25.2 cm³/mol. The Labute approximate surface area is 43.1 Å². The third kappa shape index (κ3) is 3.72. The zero-order valence-electron chi connectivity index (χ0n) is 4.39. The van der Waals surface area contributed by atoms with Gasteiger partial charge in [-0.1, -0.05) is 0 Å². The van der Waals surface area contributed by atoms with Gasteiger partial charge in [-0.3, -0.25) is 0 Å². The van der Waals surface area contributed by atoms with Crippen LogP contribution in [0.25, 0.3) is 0 Å². The van der Waals surface area contributed by atoms with E-state index < -0.39 is 6.23 Å². The summed E-state index contributed by atoms with van der Waals surface area (Å²) in [5.41, 5.74) is 5.05. The summed E-state index contributed by atoms with van der Waals surface area (Å²) in [5, 5.41) is 9.77. The Morgan fingerprint density at radius 1 is 1.86 bits per heavy atom. The highest BCUT2D eigenvalue weighted by molar-refractivity contribution is 4.37. The fraction of sp³-hybridized carbons (Fsp3) is 1.00. The lowest BCUT2D eigenvalue weighted by Gasteiger charge is -2.03. The number of hydrogen-bond donors (Lipinski definition) is 1. The monoisotopic (exact) mass is 104 g/mol. The van der Waals surface area contributed by atoms with E-state index in [1.54, 1.807) is 6.92 Å². The molecule has 0 aromatic carbocycles. The summed E-state index contributed by atoms with van der Waals surface area (Å²) >= 11 is 0. The Morgan fingerprint density at radius 3 is 2.57 bits per heavy atom. The first-order valence-electron chi connectivity index (χ1n) is 2.26. The summed E-state index contributed by atoms with van der Waals surface area (Å²) in [6.07, 6.45) is -0.606. The Balaban J connectivity index is 2.83. The van der Waals surface area contributed by atoms with Crippen LogP contribution in [0.5, 0.6) is 0 Å². The normalized spacial score (nSPS) is 14.1. The van der Waals surface area contributed by atoms with Crippen molar-refractivity contribution >= 4 is 0 Å². The summed E-state index contributed by atoms with van der Waals surface area (Å²) in [5.74, 6) is 0. The van der Waals surface area contributed by atoms with Gasteiger partial charge >= 0.3 is 0 Å². The summed E-state index contributed by atoms with van der Waals surface area (Å²) < 4.78 is 4.66. The van der Waals surface area contributed by atoms with E-state index in [-0.39, 0.29) is 6.61 Å². The smallest absolute Gasteiger partial charge is 0.132 e. The van der Waals surface area contributed by atoms with E-state index in [9.17, 15) is 5.11 Å². The Bertz CT molecular complexity index is 40.7. The number of nitrogens with two attached hydrogens (primary N) is 1. The molecule has 7 heavy (non-hydrogen) atoms. The van der Waals surface area contributed by atoms with Gasteiger partial charge in [-0.2, -0.15) is 0 Å². The average molecular weight is 104 g/mol. The molecule has 0 spiro atoms. The Kier molecular flexibility index (Phi) is 3.98. The van der Waals surface area contributed by atoms with E-state index in [1.165, 1.54) is 0 Å². The highest BCUT2D eigenvalue weighted by Gasteiger charge is 1.95. The van der Waals surface area contributed by atoms with Gasteiger partial charge in [-0.15, -0.1) is 0 Å². The second-order valence-corrected chi connectivity index (χ2v) is 1.16. The average Bonchev–Trinajstić information content (AvgIpc) is 1.68. The summed E-state index contributed by atoms with van der Waals surface area (Å²) in [6, 6.07) is 0. The lowest BCUT2D eigenvalue weighted by molar-refractivity contribution is 0.00107. The number of ether oxygens (including phenoxy) is 1. The Hall–Kier alpha value is -0.120. The van der Waals surface area contributed by atoms with Gasteiger partial charge in [0.05, 0.1) is 0 Å². The van der Waals surface area contributed by atoms with Crippen molar-refractivity contribution < 1.29 is 9.84 Å². The lowest BCUT2D eigenvalue weighted by Crippen LogP contribution is -2.26. The Morgan fingerprint density at radius 2 is 2.43 bits per heavy atom. The molecule has 0 aromatic rings. The van der Waals surface area contributed by atoms with E-state index in [2.05, 4.69) is 4.74 Å². The van der Waals surface area contributed by atoms with Crippen molar-refractivity contribution in [3.8, 4) is 0 Å². The zero-order chi connectivity index (χ0) is 5.70. The second kappa shape index (κ2) is 4.05. The standard InChI is InChI=1S/C4H10NO2/c1-2-7-4(5)3-6/h4H,2-3,5H2,1H3. The van der Waals surface area contributed by atoms with Gasteiger partial charge in [0.1, 0.15) is 12.8 Å². The number of hydrogen-bond acceptors (Lipinski definition) is 2. The van der Waals surface area contributed by atoms with Crippen LogP contribution in [0.4, 0.5) is 0 Å². The maximum Gasteiger partial charge on any atom is 0.132 e. The van der Waals surface area contributed by atoms with E-state index >= 15 is 0 Å². The third-order valence-corrected chi connectivity index (χ3v) is 0.545. The van der Waals surface area contributed by atoms with Gasteiger partial charge in [-0.05, 0) is 6.92 Å². The zero-order valence-corrected chi connectivity index (χ0v) is 4.39. The minimum absolute atomic E-state index is 0.353. The highest BCUT2D eigenvalue weighted by atomic mass is 16.5. The first-order valence-corrected chi connectivity index (χ1v) is 2.26. The maximum atomic E-state index is 9.77. The molecule has 0 fully saturated rings. The van der Waals surface area contributed by atoms with Crippen LogP contribution in [0, 0.1) is 0 Å². The van der Waals surface area contributed by atoms with Crippen molar-refractivity contribution in [2.24, 2.45) is 5.73 Å². The molecule has 0 bridgehead atoms. The molecule has 1 unspecified atom stereocenters. The molecular formula is C4H10NO2. The fourth-order valence-corrected chi connectivity index (χ4v) is 0.262. The van der Waals surface area contributed by atoms with Crippen molar-refractivity contribution in [3.05, 3.63) is 0 Å². The summed E-state index contributed by atoms with van der Waals surface area (Å²) in [6.45, 7) is 1.97. The minimum Gasteiger partial charge on any atom is -0.361 e. The van der Waals surface area contributed by atoms with Crippen LogP contribution in [0.15, 0.2) is 0 Å². The molecule has 3 nitrogen and oxygen atoms in total. The van der Waals surface area contributed by atoms with Gasteiger partial charge < -0.3 is 10.5 Å². The first kappa shape index (κ1) is 6.88. The van der Waals surface area contributed by atoms with Crippen molar-refractivity contribution in [1.82, 2.24) is 0 Å². The largest absolute Gasteiger partial charge is 0.361 e. The number of rotatable bonds is 3. The van der Waals surface area contributed by atoms with Crippen LogP contribution in [-0.4, -0.2) is 19.4 Å². The van der Waals surface area contributed by atoms with Crippen LogP contribution in [0.2, 0.25) is 0 Å². The molecule has 0 amide bonds. The van der Waals surface area contributed by atoms with Gasteiger partial charge in [0.15, 0.2) is 0 Å². The van der Waals surface area contributed by atoms with Gasteiger partial charge in [0, 0.05) is 6.61 Å². The molecule has 3 heteroatoms. The molecular weight excluding hydrogens is 94.0 g/mol. The summed E-state index contributed by atoms with van der Waals surface area (Å²) in [4.78, 5) is 0. The second-order valence-electron chi connectivity index (χ2n) is 1.16. The SMILES string of the molecule is CCOC(N)C[O]. The summed E-state index contributed by atoms with van der Waals surface area (Å²) in [7, 11) is 0. The molecule has 0 aliphatic rings. The molecule has 1 atom stereocenters. The quantitative estimate of drug-likeness (QED) is 0.501. The van der Waals surface area contributed by atoms with Crippen LogP contribution in [0.1, 0.15) is 6.92 Å². The maximum absolute atomic E-state index is 9.77. The van der Waals surface area contributed by atoms with Crippen molar-refractivity contribution in [1.29, 1.82) is 0 Å². The molecule has 0 aliphatic heterocycles. The van der Waals surface area contributed by atoms with Crippen LogP contribution in [0.3, 0.4) is 0 Å². The van der Waals surface area contributed by atoms with Crippen LogP contribution in [-0.2, 0) is 9.84 Å². The molecule has 0 heterocycles. The lowest BCUT2D eigenvalue weighted by atomic mass is 10.6. The van der Waals surface area contributed by atoms with Crippen molar-refractivity contribution in [2.75, 3.05) is 13.2 Å². The topological polar surface area (TPSA) is 55.1 Å². The molecule has 1 radical (unpaired) electrons. The van der Waals surface area contributed by atoms with Crippen molar-refractivity contribution in [2.45, 2.75) is 13.2 Å². The fourth-order valence-electron chi connectivity index (χ4n) is 0.262. The molecule has 0 saturated heterocycles. The highest BCUT2D eigenvalue weighted by Crippen LogP contribution is 1.77. The van der Waals surface area contributed by atoms with E-state index in [0.29, 0.717) is 6.61 Å². The minimum atomic E-state index is -0.606. The molecule has 0 saturated carbocycles. The third-order valence-electron chi connectivity index (χ3n) is 0.545.